The van der Waals surface area contributed by atoms with Crippen LogP contribution in [0.4, 0.5) is 0 Å². The van der Waals surface area contributed by atoms with Gasteiger partial charge < -0.3 is 4.79 Å². The van der Waals surface area contributed by atoms with Crippen LogP contribution in [0.1, 0.15) is 19.3 Å². The number of likely N-dealkylation sites (tertiary alicyclic amines) is 1. The molecule has 2 nitrogen and oxygen atoms in total. The average molecular weight is 138 g/mol. The molecule has 1 aliphatic heterocycles. The molecule has 2 aliphatic rings. The molecule has 0 atom stereocenters. The van der Waals surface area contributed by atoms with Gasteiger partial charge in [-0.25, -0.2) is 0 Å². The molecule has 2 heteroatoms. The Morgan fingerprint density at radius 3 is 2.70 bits per heavy atom. The Bertz CT molecular complexity index is 145. The Morgan fingerprint density at radius 2 is 2.30 bits per heavy atom. The van der Waals surface area contributed by atoms with E-state index in [1.54, 1.807) is 0 Å². The highest BCUT2D eigenvalue weighted by Gasteiger charge is 2.48. The van der Waals surface area contributed by atoms with Gasteiger partial charge in [-0.15, -0.1) is 0 Å². The molecular weight excluding hydrogens is 126 g/mol. The molecule has 2 fully saturated rings. The maximum atomic E-state index is 10.6. The van der Waals surface area contributed by atoms with Crippen molar-refractivity contribution < 1.29 is 4.79 Å². The molecule has 55 valence electrons. The van der Waals surface area contributed by atoms with Gasteiger partial charge in [-0.2, -0.15) is 0 Å². The van der Waals surface area contributed by atoms with Gasteiger partial charge in [0.05, 0.1) is 5.54 Å². The zero-order valence-corrected chi connectivity index (χ0v) is 6.05. The lowest BCUT2D eigenvalue weighted by Crippen LogP contribution is -2.35. The molecule has 0 amide bonds. The van der Waals surface area contributed by atoms with Crippen molar-refractivity contribution in [1.82, 2.24) is 4.90 Å². The molecule has 0 bridgehead atoms. The van der Waals surface area contributed by atoms with Crippen molar-refractivity contribution in [2.24, 2.45) is 0 Å². The predicted molar refractivity (Wildman–Crippen MR) is 38.5 cm³/mol. The third-order valence-corrected chi connectivity index (χ3v) is 2.56. The molecule has 0 aromatic carbocycles. The van der Waals surface area contributed by atoms with Crippen molar-refractivity contribution in [3.63, 3.8) is 0 Å². The van der Waals surface area contributed by atoms with Gasteiger partial charge in [0, 0.05) is 6.54 Å². The molecule has 10 heavy (non-hydrogen) atoms. The Hall–Kier alpha value is -0.370. The molecule has 1 heterocycles. The minimum Gasteiger partial charge on any atom is -0.301 e. The smallest absolute Gasteiger partial charge is 0.140 e. The molecule has 1 radical (unpaired) electrons. The van der Waals surface area contributed by atoms with Crippen LogP contribution in [-0.2, 0) is 4.79 Å². The van der Waals surface area contributed by atoms with Crippen molar-refractivity contribution in [3.8, 4) is 0 Å². The summed E-state index contributed by atoms with van der Waals surface area (Å²) < 4.78 is 0. The standard InChI is InChI=1S/C8H12NO/c10-7-8(3-4-8)9-5-1-2-6-9/h1,7H,2-6H2. The van der Waals surface area contributed by atoms with Crippen molar-refractivity contribution in [3.05, 3.63) is 6.42 Å². The maximum Gasteiger partial charge on any atom is 0.140 e. The van der Waals surface area contributed by atoms with E-state index in [9.17, 15) is 4.79 Å². The van der Waals surface area contributed by atoms with Gasteiger partial charge in [0.1, 0.15) is 6.29 Å². The molecule has 1 saturated heterocycles. The molecule has 0 N–H and O–H groups in total. The monoisotopic (exact) mass is 138 g/mol. The van der Waals surface area contributed by atoms with E-state index in [1.165, 1.54) is 0 Å². The summed E-state index contributed by atoms with van der Waals surface area (Å²) in [5.74, 6) is 0. The Kier molecular flexibility index (Phi) is 1.31. The second kappa shape index (κ2) is 2.06. The zero-order chi connectivity index (χ0) is 7.03. The Balaban J connectivity index is 2.03. The van der Waals surface area contributed by atoms with E-state index < -0.39 is 0 Å². The van der Waals surface area contributed by atoms with Crippen LogP contribution in [0, 0.1) is 6.42 Å². The normalized spacial score (nSPS) is 30.4. The molecular formula is C8H12NO. The van der Waals surface area contributed by atoms with E-state index >= 15 is 0 Å². The summed E-state index contributed by atoms with van der Waals surface area (Å²) in [6, 6.07) is 0. The fourth-order valence-corrected chi connectivity index (χ4v) is 1.63. The summed E-state index contributed by atoms with van der Waals surface area (Å²) in [6.07, 6.45) is 6.72. The van der Waals surface area contributed by atoms with E-state index in [1.807, 2.05) is 0 Å². The van der Waals surface area contributed by atoms with Gasteiger partial charge >= 0.3 is 0 Å². The molecule has 2 rings (SSSR count). The quantitative estimate of drug-likeness (QED) is 0.521. The topological polar surface area (TPSA) is 20.3 Å². The third-order valence-electron chi connectivity index (χ3n) is 2.56. The second-order valence-electron chi connectivity index (χ2n) is 3.24. The lowest BCUT2D eigenvalue weighted by molar-refractivity contribution is -0.113. The number of aldehydes is 1. The fourth-order valence-electron chi connectivity index (χ4n) is 1.63. The molecule has 0 unspecified atom stereocenters. The van der Waals surface area contributed by atoms with E-state index in [2.05, 4.69) is 11.3 Å². The van der Waals surface area contributed by atoms with E-state index in [0.29, 0.717) is 0 Å². The molecule has 1 saturated carbocycles. The molecule has 0 aromatic rings. The fraction of sp³-hybridized carbons (Fsp3) is 0.750. The third kappa shape index (κ3) is 0.788. The first-order valence-corrected chi connectivity index (χ1v) is 3.90. The lowest BCUT2D eigenvalue weighted by atomic mass is 10.3. The van der Waals surface area contributed by atoms with Gasteiger partial charge in [0.25, 0.3) is 0 Å². The van der Waals surface area contributed by atoms with Gasteiger partial charge in [-0.05, 0) is 32.2 Å². The average Bonchev–Trinajstić information content (AvgIpc) is 2.58. The van der Waals surface area contributed by atoms with Crippen LogP contribution in [0.5, 0.6) is 0 Å². The first-order valence-electron chi connectivity index (χ1n) is 3.90. The van der Waals surface area contributed by atoms with Crippen LogP contribution in [-0.4, -0.2) is 29.8 Å². The van der Waals surface area contributed by atoms with Crippen molar-refractivity contribution in [1.29, 1.82) is 0 Å². The first kappa shape index (κ1) is 6.35. The highest BCUT2D eigenvalue weighted by atomic mass is 16.1. The molecule has 0 spiro atoms. The second-order valence-corrected chi connectivity index (χ2v) is 3.24. The Labute approximate surface area is 61.2 Å². The van der Waals surface area contributed by atoms with Gasteiger partial charge in [-0.1, -0.05) is 0 Å². The van der Waals surface area contributed by atoms with Crippen LogP contribution >= 0.6 is 0 Å². The maximum absolute atomic E-state index is 10.6. The van der Waals surface area contributed by atoms with Crippen molar-refractivity contribution in [2.75, 3.05) is 13.1 Å². The number of hydrogen-bond acceptors (Lipinski definition) is 2. The lowest BCUT2D eigenvalue weighted by Gasteiger charge is -2.20. The number of nitrogens with zero attached hydrogens (tertiary/aromatic N) is 1. The van der Waals surface area contributed by atoms with Crippen LogP contribution < -0.4 is 0 Å². The summed E-state index contributed by atoms with van der Waals surface area (Å²) in [7, 11) is 0. The highest BCUT2D eigenvalue weighted by Crippen LogP contribution is 2.41. The number of carbonyl (C=O) groups is 1. The summed E-state index contributed by atoms with van der Waals surface area (Å²) in [5, 5.41) is 0. The summed E-state index contributed by atoms with van der Waals surface area (Å²) in [4.78, 5) is 12.9. The summed E-state index contributed by atoms with van der Waals surface area (Å²) in [6.45, 7) is 2.12. The minimum atomic E-state index is -0.00694. The molecule has 0 aromatic heterocycles. The van der Waals surface area contributed by atoms with Gasteiger partial charge in [0.2, 0.25) is 0 Å². The SMILES string of the molecule is O=CC1(N2C[CH]CC2)CC1. The van der Waals surface area contributed by atoms with E-state index in [0.717, 1.165) is 38.6 Å². The number of carbonyl (C=O) groups excluding carboxylic acids is 1. The van der Waals surface area contributed by atoms with Crippen LogP contribution in [0.2, 0.25) is 0 Å². The van der Waals surface area contributed by atoms with Crippen molar-refractivity contribution >= 4 is 6.29 Å². The van der Waals surface area contributed by atoms with Crippen molar-refractivity contribution in [2.45, 2.75) is 24.8 Å². The van der Waals surface area contributed by atoms with Crippen LogP contribution in [0.3, 0.4) is 0 Å². The highest BCUT2D eigenvalue weighted by molar-refractivity contribution is 5.68. The first-order chi connectivity index (χ1) is 4.87. The largest absolute Gasteiger partial charge is 0.301 e. The molecule has 1 aliphatic carbocycles. The number of rotatable bonds is 2. The van der Waals surface area contributed by atoms with E-state index in [4.69, 9.17) is 0 Å². The summed E-state index contributed by atoms with van der Waals surface area (Å²) in [5.41, 5.74) is -0.00694. The van der Waals surface area contributed by atoms with Gasteiger partial charge in [0.15, 0.2) is 0 Å². The number of hydrogen-bond donors (Lipinski definition) is 0. The van der Waals surface area contributed by atoms with Gasteiger partial charge in [-0.3, -0.25) is 4.90 Å². The Morgan fingerprint density at radius 1 is 1.50 bits per heavy atom. The minimum absolute atomic E-state index is 0.00694. The zero-order valence-electron chi connectivity index (χ0n) is 6.05. The van der Waals surface area contributed by atoms with E-state index in [-0.39, 0.29) is 5.54 Å². The van der Waals surface area contributed by atoms with Crippen LogP contribution in [0.15, 0.2) is 0 Å². The van der Waals surface area contributed by atoms with Crippen LogP contribution in [0.25, 0.3) is 0 Å². The predicted octanol–water partition coefficient (Wildman–Crippen LogP) is 0.628. The summed E-state index contributed by atoms with van der Waals surface area (Å²) >= 11 is 0.